The van der Waals surface area contributed by atoms with Gasteiger partial charge in [0.2, 0.25) is 12.2 Å². The van der Waals surface area contributed by atoms with Crippen LogP contribution < -0.4 is 64.1 Å². The van der Waals surface area contributed by atoms with Gasteiger partial charge in [0, 0.05) is 40.7 Å². The van der Waals surface area contributed by atoms with E-state index < -0.39 is 59.4 Å². The molecule has 0 radical (unpaired) electrons. The lowest BCUT2D eigenvalue weighted by Crippen LogP contribution is -2.32. The minimum atomic E-state index is -0.668. The van der Waals surface area contributed by atoms with Crippen LogP contribution in [0.25, 0.3) is 32.9 Å². The summed E-state index contributed by atoms with van der Waals surface area (Å²) in [7, 11) is 5.03. The zero-order chi connectivity index (χ0) is 86.1. The van der Waals surface area contributed by atoms with Gasteiger partial charge in [-0.05, 0) is 136 Å². The number of ether oxygens (including phenoxy) is 7. The summed E-state index contributed by atoms with van der Waals surface area (Å²) in [4.78, 5) is 181. The van der Waals surface area contributed by atoms with Gasteiger partial charge < -0.3 is 67.5 Å². The van der Waals surface area contributed by atoms with Crippen LogP contribution in [0.2, 0.25) is 0 Å². The Kier molecular flexibility index (Phi) is 41.0. The number of rotatable bonds is 35. The van der Waals surface area contributed by atoms with E-state index >= 15 is 0 Å². The molecule has 0 atom stereocenters. The maximum Gasteiger partial charge on any atom is 0.422 e. The number of fused-ring (bicyclic) bond motifs is 3. The molecule has 34 heteroatoms. The van der Waals surface area contributed by atoms with Crippen molar-refractivity contribution < 1.29 is 96.1 Å². The fourth-order valence-electron chi connectivity index (χ4n) is 11.2. The number of para-hydroxylation sites is 7. The summed E-state index contributed by atoms with van der Waals surface area (Å²) in [6.45, 7) is 3.08. The number of hydrogen-bond acceptors (Lipinski definition) is 28. The van der Waals surface area contributed by atoms with E-state index in [-0.39, 0.29) is 99.7 Å². The first-order valence-electron chi connectivity index (χ1n) is 37.9. The highest BCUT2D eigenvalue weighted by Crippen LogP contribution is 2.23. The predicted molar refractivity (Wildman–Crippen MR) is 437 cm³/mol. The molecule has 34 nitrogen and oxygen atoms in total. The minimum absolute atomic E-state index is 0. The second-order valence-electron chi connectivity index (χ2n) is 25.5. The van der Waals surface area contributed by atoms with Crippen LogP contribution in [0.15, 0.2) is 222 Å². The normalized spacial score (nSPS) is 10.3. The number of methoxy groups -OCH3 is 4. The highest BCUT2D eigenvalue weighted by molar-refractivity contribution is 5.95. The van der Waals surface area contributed by atoms with Gasteiger partial charge >= 0.3 is 59.4 Å². The molecule has 630 valence electrons. The highest BCUT2D eigenvalue weighted by Gasteiger charge is 2.20. The van der Waals surface area contributed by atoms with Crippen molar-refractivity contribution in [2.75, 3.05) is 61.2 Å². The van der Waals surface area contributed by atoms with E-state index in [1.807, 2.05) is 0 Å². The van der Waals surface area contributed by atoms with Crippen molar-refractivity contribution in [2.45, 2.75) is 122 Å². The maximum atomic E-state index is 12.5. The van der Waals surface area contributed by atoms with Gasteiger partial charge in [0.25, 0.3) is 16.7 Å². The Morgan fingerprint density at radius 2 is 0.597 bits per heavy atom. The molecule has 0 aliphatic heterocycles. The number of carbonyl (C=O) groups is 7. The van der Waals surface area contributed by atoms with Gasteiger partial charge in [-0.3, -0.25) is 14.4 Å². The molecule has 0 bridgehead atoms. The molecule has 3 aromatic heterocycles. The van der Waals surface area contributed by atoms with Crippen molar-refractivity contribution in [2.24, 2.45) is 9.98 Å². The largest absolute Gasteiger partial charge is 0.507 e. The van der Waals surface area contributed by atoms with Crippen LogP contribution >= 0.6 is 0 Å². The van der Waals surface area contributed by atoms with E-state index in [2.05, 4.69) is 44.9 Å². The Morgan fingerprint density at radius 1 is 0.345 bits per heavy atom. The molecule has 0 fully saturated rings. The lowest BCUT2D eigenvalue weighted by Gasteiger charge is -2.10. The van der Waals surface area contributed by atoms with Gasteiger partial charge in [0.15, 0.2) is 0 Å². The van der Waals surface area contributed by atoms with Crippen molar-refractivity contribution in [3.05, 3.63) is 255 Å². The minimum Gasteiger partial charge on any atom is -0.507 e. The van der Waals surface area contributed by atoms with Crippen molar-refractivity contribution in [1.29, 1.82) is 0 Å². The van der Waals surface area contributed by atoms with Gasteiger partial charge in [-0.1, -0.05) is 136 Å². The lowest BCUT2D eigenvalue weighted by molar-refractivity contribution is 0.0588. The van der Waals surface area contributed by atoms with E-state index in [1.54, 1.807) is 121 Å². The van der Waals surface area contributed by atoms with Crippen LogP contribution in [-0.4, -0.2) is 134 Å². The molecule has 7 aromatic carbocycles. The summed E-state index contributed by atoms with van der Waals surface area (Å²) >= 11 is 0. The number of isocyanates is 2. The van der Waals surface area contributed by atoms with Gasteiger partial charge in [-0.2, -0.15) is 0 Å². The first-order valence-corrected chi connectivity index (χ1v) is 37.9. The number of aromatic nitrogens is 3. The van der Waals surface area contributed by atoms with Crippen LogP contribution in [0.4, 0.5) is 14.4 Å². The lowest BCUT2D eigenvalue weighted by atomic mass is 10.2. The summed E-state index contributed by atoms with van der Waals surface area (Å²) < 4.78 is 52.8. The number of esters is 4. The molecule has 0 saturated heterocycles. The number of hydrogen-bond donors (Lipinski definition) is 4. The van der Waals surface area contributed by atoms with Crippen LogP contribution in [-0.2, 0) is 48.2 Å². The van der Waals surface area contributed by atoms with Crippen LogP contribution in [0.3, 0.4) is 0 Å². The molecular weight excluding hydrogens is 1550 g/mol. The molecule has 0 aliphatic carbocycles. The number of nitrogens with one attached hydrogen (secondary N) is 3. The van der Waals surface area contributed by atoms with Crippen LogP contribution in [0.1, 0.15) is 146 Å². The monoisotopic (exact) mass is 1640 g/mol. The number of carbonyl (C=O) groups excluding carboxylic acids is 9. The van der Waals surface area contributed by atoms with Gasteiger partial charge in [0.05, 0.1) is 57.7 Å². The average molecular weight is 1640 g/mol. The third-order valence-corrected chi connectivity index (χ3v) is 17.3. The Morgan fingerprint density at radius 3 is 0.891 bits per heavy atom. The molecule has 0 saturated carbocycles. The molecule has 3 heterocycles. The fraction of sp³-hybridized carbons (Fsp3) is 0.329. The topological polar surface area (TPSA) is 456 Å². The first kappa shape index (κ1) is 93.5. The standard InChI is InChI=1S/C24H28N2O8.C23H24N2O7.C22H20N2O6.C8H12N2O2.C8H8O3.H2/c1-31-21(27)17-11-5-7-13-19(17)33-23(29)25-15-9-3-4-10-16-26-24(30)34-20-14-8-6-12-18(20)22(28)32-2;1-30-21(27)17-11-5-7-13-19(17)31-22(28)24-14-8-2-3-9-15-25-20(26)16-10-4-6-12-18(16)32-23(25)29;25-19-15-9-3-5-11-17(15)29-21(27)23(19)13-7-1-2-8-14-24-20(26)16-10-4-6-12-18(16)30-22(24)28;11-7-9-5-3-1-2-4-6-10-8-12;1-11-8(10)6-4-2-3-5-7(6)9;/h5-8,11-14H,3-4,9-10,15-16H2,1-2H3,(H,25,29)(H,26,30);4-7,10-13H,2-3,8-9,14-15H2,1H3,(H,24,28);3-6,9-12H,1-2,7-8,13-14H2;1-6H2;2-5,9H,1H3;1H. The van der Waals surface area contributed by atoms with Gasteiger partial charge in [-0.25, -0.2) is 81.2 Å². The Bertz CT molecular complexity index is 5310. The second kappa shape index (κ2) is 52.2. The highest BCUT2D eigenvalue weighted by atomic mass is 16.6. The average Bonchev–Trinajstić information content (AvgIpc) is 0.804. The number of amides is 3. The van der Waals surface area contributed by atoms with Crippen molar-refractivity contribution >= 4 is 87.2 Å². The summed E-state index contributed by atoms with van der Waals surface area (Å²) in [5, 5.41) is 18.1. The van der Waals surface area contributed by atoms with E-state index in [0.29, 0.717) is 87.4 Å². The summed E-state index contributed by atoms with van der Waals surface area (Å²) in [5.41, 5.74) is 0.462. The number of phenols is 1. The third kappa shape index (κ3) is 31.1. The predicted octanol–water partition coefficient (Wildman–Crippen LogP) is 11.9. The Balaban J connectivity index is 0.000000282. The quantitative estimate of drug-likeness (QED) is 0.00942. The SMILES string of the molecule is COC(=O)c1ccccc1O.COC(=O)c1ccccc1OC(=O)NCCCCCCNC(=O)Oc1ccccc1C(=O)OC.COC(=O)c1ccccc1OC(=O)NCCCCCCn1c(=O)oc2ccccc2c1=O.O=C=NCCCCCCN=C=O.O=c1oc2ccccc2c(=O)n1CCCCCCn1c(=O)oc2ccccc2c1=O.[HH]. The fourth-order valence-corrected chi connectivity index (χ4v) is 11.2. The van der Waals surface area contributed by atoms with E-state index in [4.69, 9.17) is 32.6 Å². The van der Waals surface area contributed by atoms with E-state index in [1.165, 1.54) is 89.1 Å². The smallest absolute Gasteiger partial charge is 0.422 e. The summed E-state index contributed by atoms with van der Waals surface area (Å²) in [6.07, 6.45) is 13.4. The Labute approximate surface area is 681 Å². The van der Waals surface area contributed by atoms with Crippen molar-refractivity contribution in [1.82, 2.24) is 29.7 Å². The summed E-state index contributed by atoms with van der Waals surface area (Å²) in [5.74, 6) is -3.98. The zero-order valence-electron chi connectivity index (χ0n) is 66.0. The van der Waals surface area contributed by atoms with E-state index in [0.717, 1.165) is 77.9 Å². The second-order valence-corrected chi connectivity index (χ2v) is 25.5. The molecule has 119 heavy (non-hydrogen) atoms. The third-order valence-electron chi connectivity index (χ3n) is 17.3. The van der Waals surface area contributed by atoms with Gasteiger partial charge in [-0.15, -0.1) is 0 Å². The Hall–Kier alpha value is -14.4. The van der Waals surface area contributed by atoms with Crippen molar-refractivity contribution in [3.63, 3.8) is 0 Å². The molecule has 10 aromatic rings. The summed E-state index contributed by atoms with van der Waals surface area (Å²) in [6, 6.07) is 45.1. The van der Waals surface area contributed by atoms with Crippen LogP contribution in [0.5, 0.6) is 23.0 Å². The molecule has 3 amide bonds. The van der Waals surface area contributed by atoms with Crippen molar-refractivity contribution in [3.8, 4) is 23.0 Å². The molecule has 0 spiro atoms. The maximum absolute atomic E-state index is 12.5. The molecule has 4 N–H and O–H groups in total. The number of nitrogens with zero attached hydrogens (tertiary/aromatic N) is 5. The van der Waals surface area contributed by atoms with Gasteiger partial charge in [0.1, 0.15) is 62.0 Å². The number of phenolic OH excluding ortho intramolecular Hbond substituents is 1. The molecule has 0 unspecified atom stereocenters. The number of aliphatic imine (C=N–C) groups is 2. The molecule has 10 rings (SSSR count). The van der Waals surface area contributed by atoms with Crippen LogP contribution in [0, 0.1) is 0 Å². The number of aromatic hydroxyl groups is 1. The molecule has 0 aliphatic rings. The molecular formula is C85H94N8O26. The number of unbranched alkanes of at least 4 members (excludes halogenated alkanes) is 12. The van der Waals surface area contributed by atoms with E-state index in [9.17, 15) is 71.9 Å². The zero-order valence-corrected chi connectivity index (χ0v) is 66.0. The number of benzene rings is 7. The first-order chi connectivity index (χ1) is 57.7.